The highest BCUT2D eigenvalue weighted by atomic mass is 16.5. The Balaban J connectivity index is 1.74. The van der Waals surface area contributed by atoms with Gasteiger partial charge in [-0.05, 0) is 46.5 Å². The summed E-state index contributed by atoms with van der Waals surface area (Å²) in [5.41, 5.74) is 3.06. The first-order valence-electron chi connectivity index (χ1n) is 10.8. The van der Waals surface area contributed by atoms with Gasteiger partial charge in [0.15, 0.2) is 0 Å². The molecule has 0 aliphatic carbocycles. The third-order valence-electron chi connectivity index (χ3n) is 5.74. The average molecular weight is 424 g/mol. The first-order chi connectivity index (χ1) is 14.8. The van der Waals surface area contributed by atoms with Gasteiger partial charge in [-0.1, -0.05) is 48.0 Å². The van der Waals surface area contributed by atoms with Crippen LogP contribution >= 0.6 is 0 Å². The number of likely N-dealkylation sites (N-methyl/N-ethyl adjacent to an activating group) is 1. The van der Waals surface area contributed by atoms with E-state index in [1.54, 1.807) is 6.92 Å². The predicted octanol–water partition coefficient (Wildman–Crippen LogP) is 2.95. The van der Waals surface area contributed by atoms with Crippen LogP contribution < -0.4 is 10.1 Å². The van der Waals surface area contributed by atoms with Crippen molar-refractivity contribution in [1.29, 1.82) is 0 Å². The minimum atomic E-state index is -0.629. The molecule has 0 bridgehead atoms. The number of ether oxygens (including phenoxy) is 1. The van der Waals surface area contributed by atoms with Crippen LogP contribution in [0.25, 0.3) is 0 Å². The second-order valence-electron chi connectivity index (χ2n) is 8.66. The van der Waals surface area contributed by atoms with Crippen molar-refractivity contribution in [3.05, 3.63) is 65.2 Å². The van der Waals surface area contributed by atoms with Gasteiger partial charge in [-0.15, -0.1) is 0 Å². The quantitative estimate of drug-likeness (QED) is 0.776. The van der Waals surface area contributed by atoms with Crippen molar-refractivity contribution in [3.8, 4) is 5.75 Å². The Bertz CT molecular complexity index is 910. The van der Waals surface area contributed by atoms with Crippen molar-refractivity contribution in [2.24, 2.45) is 0 Å². The summed E-state index contributed by atoms with van der Waals surface area (Å²) in [4.78, 5) is 30.2. The number of carbonyl (C=O) groups is 2. The Hall–Kier alpha value is -2.86. The molecule has 0 fully saturated rings. The minimum Gasteiger partial charge on any atom is -0.491 e. The number of hydrogen-bond donors (Lipinski definition) is 1. The number of amides is 2. The summed E-state index contributed by atoms with van der Waals surface area (Å²) in [6.45, 7) is 7.19. The molecule has 2 aromatic carbocycles. The summed E-state index contributed by atoms with van der Waals surface area (Å²) >= 11 is 0. The molecule has 0 spiro atoms. The van der Waals surface area contributed by atoms with Gasteiger partial charge < -0.3 is 19.9 Å². The third-order valence-corrected chi connectivity index (χ3v) is 5.74. The topological polar surface area (TPSA) is 61.9 Å². The van der Waals surface area contributed by atoms with Crippen LogP contribution in [0, 0.1) is 6.92 Å². The molecule has 0 aromatic heterocycles. The Morgan fingerprint density at radius 2 is 1.81 bits per heavy atom. The van der Waals surface area contributed by atoms with E-state index in [1.807, 2.05) is 86.3 Å². The number of carbonyl (C=O) groups excluding carboxylic acids is 2. The average Bonchev–Trinajstić information content (AvgIpc) is 2.92. The lowest BCUT2D eigenvalue weighted by Gasteiger charge is -2.33. The van der Waals surface area contributed by atoms with E-state index in [0.29, 0.717) is 19.7 Å². The Labute approximate surface area is 185 Å². The smallest absolute Gasteiger partial charge is 0.245 e. The van der Waals surface area contributed by atoms with E-state index < -0.39 is 6.04 Å². The fraction of sp³-hybridized carbons (Fsp3) is 0.440. The molecule has 6 heteroatoms. The van der Waals surface area contributed by atoms with Crippen LogP contribution in [0.3, 0.4) is 0 Å². The lowest BCUT2D eigenvalue weighted by Crippen LogP contribution is -2.54. The largest absolute Gasteiger partial charge is 0.491 e. The Morgan fingerprint density at radius 3 is 2.48 bits per heavy atom. The van der Waals surface area contributed by atoms with Crippen LogP contribution in [-0.2, 0) is 16.1 Å². The summed E-state index contributed by atoms with van der Waals surface area (Å²) in [5.74, 6) is 0.227. The van der Waals surface area contributed by atoms with Crippen molar-refractivity contribution >= 4 is 11.8 Å². The van der Waals surface area contributed by atoms with E-state index in [0.717, 1.165) is 22.4 Å². The summed E-state index contributed by atoms with van der Waals surface area (Å²) in [7, 11) is 3.96. The highest BCUT2D eigenvalue weighted by Gasteiger charge is 2.32. The molecule has 3 rings (SSSR count). The predicted molar refractivity (Wildman–Crippen MR) is 122 cm³/mol. The van der Waals surface area contributed by atoms with E-state index in [1.165, 1.54) is 0 Å². The molecular weight excluding hydrogens is 390 g/mol. The standard InChI is InChI=1S/C25H33N3O3/c1-17-10-12-20(13-11-17)18(2)24(29)26-19(3)25(30)28-14-21-8-6-7-9-23(21)31-16-22(28)15-27(4)5/h6-13,18-19,22H,14-16H2,1-5H3,(H,26,29)/t18-,19-,22+/m0/s1. The van der Waals surface area contributed by atoms with Gasteiger partial charge in [-0.25, -0.2) is 0 Å². The molecule has 0 unspecified atom stereocenters. The lowest BCUT2D eigenvalue weighted by atomic mass is 9.99. The molecule has 0 saturated carbocycles. The number of fused-ring (bicyclic) bond motifs is 1. The van der Waals surface area contributed by atoms with Crippen molar-refractivity contribution < 1.29 is 14.3 Å². The van der Waals surface area contributed by atoms with Gasteiger partial charge in [0.05, 0.1) is 12.0 Å². The molecule has 1 aliphatic heterocycles. The van der Waals surface area contributed by atoms with E-state index in [9.17, 15) is 9.59 Å². The van der Waals surface area contributed by atoms with Gasteiger partial charge in [-0.3, -0.25) is 9.59 Å². The summed E-state index contributed by atoms with van der Waals surface area (Å²) in [6, 6.07) is 15.0. The fourth-order valence-corrected chi connectivity index (χ4v) is 3.85. The fourth-order valence-electron chi connectivity index (χ4n) is 3.85. The monoisotopic (exact) mass is 423 g/mol. The van der Waals surface area contributed by atoms with Crippen molar-refractivity contribution in [2.75, 3.05) is 27.2 Å². The molecular formula is C25H33N3O3. The Kier molecular flexibility index (Phi) is 7.33. The van der Waals surface area contributed by atoms with Gasteiger partial charge >= 0.3 is 0 Å². The van der Waals surface area contributed by atoms with Crippen LogP contribution in [0.2, 0.25) is 0 Å². The maximum absolute atomic E-state index is 13.4. The first kappa shape index (κ1) is 22.8. The maximum Gasteiger partial charge on any atom is 0.245 e. The first-order valence-corrected chi connectivity index (χ1v) is 10.8. The van der Waals surface area contributed by atoms with Gasteiger partial charge in [-0.2, -0.15) is 0 Å². The lowest BCUT2D eigenvalue weighted by molar-refractivity contribution is -0.139. The second kappa shape index (κ2) is 9.96. The van der Waals surface area contributed by atoms with Crippen LogP contribution in [0.4, 0.5) is 0 Å². The van der Waals surface area contributed by atoms with Crippen molar-refractivity contribution in [2.45, 2.75) is 45.3 Å². The molecule has 6 nitrogen and oxygen atoms in total. The molecule has 0 saturated heterocycles. The SMILES string of the molecule is Cc1ccc([C@H](C)C(=O)N[C@@H](C)C(=O)N2Cc3ccccc3OC[C@H]2CN(C)C)cc1. The molecule has 166 valence electrons. The molecule has 1 aliphatic rings. The van der Waals surface area contributed by atoms with E-state index in [2.05, 4.69) is 5.32 Å². The summed E-state index contributed by atoms with van der Waals surface area (Å²) in [5, 5.41) is 2.92. The van der Waals surface area contributed by atoms with Crippen molar-refractivity contribution in [3.63, 3.8) is 0 Å². The molecule has 1 N–H and O–H groups in total. The van der Waals surface area contributed by atoms with Gasteiger partial charge in [0, 0.05) is 18.7 Å². The molecule has 0 radical (unpaired) electrons. The molecule has 2 aromatic rings. The number of para-hydroxylation sites is 1. The summed E-state index contributed by atoms with van der Waals surface area (Å²) < 4.78 is 6.00. The highest BCUT2D eigenvalue weighted by molar-refractivity contribution is 5.90. The summed E-state index contributed by atoms with van der Waals surface area (Å²) in [6.07, 6.45) is 0. The number of hydrogen-bond acceptors (Lipinski definition) is 4. The number of nitrogens with one attached hydrogen (secondary N) is 1. The Morgan fingerprint density at radius 1 is 1.13 bits per heavy atom. The van der Waals surface area contributed by atoms with Crippen LogP contribution in [-0.4, -0.2) is 60.9 Å². The number of aryl methyl sites for hydroxylation is 1. The molecule has 3 atom stereocenters. The zero-order chi connectivity index (χ0) is 22.5. The third kappa shape index (κ3) is 5.64. The number of rotatable bonds is 6. The normalized spacial score (nSPS) is 17.9. The van der Waals surface area contributed by atoms with Crippen molar-refractivity contribution in [1.82, 2.24) is 15.1 Å². The van der Waals surface area contributed by atoms with E-state index >= 15 is 0 Å². The molecule has 31 heavy (non-hydrogen) atoms. The number of nitrogens with zero attached hydrogens (tertiary/aromatic N) is 2. The van der Waals surface area contributed by atoms with Crippen LogP contribution in [0.5, 0.6) is 5.75 Å². The van der Waals surface area contributed by atoms with Crippen LogP contribution in [0.1, 0.15) is 36.5 Å². The second-order valence-corrected chi connectivity index (χ2v) is 8.66. The van der Waals surface area contributed by atoms with E-state index in [4.69, 9.17) is 4.74 Å². The maximum atomic E-state index is 13.4. The van der Waals surface area contributed by atoms with Gasteiger partial charge in [0.2, 0.25) is 11.8 Å². The number of benzene rings is 2. The molecule has 1 heterocycles. The highest BCUT2D eigenvalue weighted by Crippen LogP contribution is 2.25. The minimum absolute atomic E-state index is 0.100. The zero-order valence-corrected chi connectivity index (χ0v) is 19.1. The molecule has 2 amide bonds. The zero-order valence-electron chi connectivity index (χ0n) is 19.1. The van der Waals surface area contributed by atoms with Crippen LogP contribution in [0.15, 0.2) is 48.5 Å². The van der Waals surface area contributed by atoms with Gasteiger partial charge in [0.1, 0.15) is 18.4 Å². The van der Waals surface area contributed by atoms with E-state index in [-0.39, 0.29) is 23.8 Å². The van der Waals surface area contributed by atoms with Gasteiger partial charge in [0.25, 0.3) is 0 Å².